The molecule has 10 nitrogen and oxygen atoms in total. The van der Waals surface area contributed by atoms with Crippen molar-refractivity contribution < 1.29 is 38.1 Å². The van der Waals surface area contributed by atoms with E-state index in [2.05, 4.69) is 9.97 Å². The molecule has 0 saturated carbocycles. The Morgan fingerprint density at radius 3 is 1.00 bits per heavy atom. The SMILES string of the molecule is COC(=O)c1cc(C(=O)OC)cc(-c2nccnc2-c2cc(C(=O)OC)cc(C(=O)OC)c2)c1. The molecule has 0 atom stereocenters. The second-order valence-electron chi connectivity index (χ2n) is 6.82. The lowest BCUT2D eigenvalue weighted by molar-refractivity contribution is 0.0581. The predicted molar refractivity (Wildman–Crippen MR) is 118 cm³/mol. The maximum atomic E-state index is 12.2. The number of benzene rings is 2. The molecule has 10 heteroatoms. The van der Waals surface area contributed by atoms with Crippen LogP contribution in [0.3, 0.4) is 0 Å². The third-order valence-corrected chi connectivity index (χ3v) is 4.80. The highest BCUT2D eigenvalue weighted by atomic mass is 16.5. The molecule has 0 unspecified atom stereocenters. The molecule has 0 saturated heterocycles. The molecule has 174 valence electrons. The van der Waals surface area contributed by atoms with Gasteiger partial charge in [0.05, 0.1) is 62.1 Å². The molecule has 0 aliphatic carbocycles. The lowest BCUT2D eigenvalue weighted by Gasteiger charge is -2.12. The largest absolute Gasteiger partial charge is 0.465 e. The fourth-order valence-corrected chi connectivity index (χ4v) is 3.23. The van der Waals surface area contributed by atoms with Crippen LogP contribution in [0, 0.1) is 0 Å². The van der Waals surface area contributed by atoms with Gasteiger partial charge >= 0.3 is 23.9 Å². The third kappa shape index (κ3) is 4.90. The monoisotopic (exact) mass is 464 g/mol. The van der Waals surface area contributed by atoms with Crippen LogP contribution >= 0.6 is 0 Å². The summed E-state index contributed by atoms with van der Waals surface area (Å²) in [5, 5.41) is 0. The van der Waals surface area contributed by atoms with E-state index in [1.54, 1.807) is 0 Å². The van der Waals surface area contributed by atoms with Gasteiger partial charge < -0.3 is 18.9 Å². The maximum Gasteiger partial charge on any atom is 0.337 e. The number of carbonyl (C=O) groups excluding carboxylic acids is 4. The molecule has 0 bridgehead atoms. The van der Waals surface area contributed by atoms with E-state index in [1.807, 2.05) is 0 Å². The van der Waals surface area contributed by atoms with Gasteiger partial charge in [-0.15, -0.1) is 0 Å². The maximum absolute atomic E-state index is 12.2. The summed E-state index contributed by atoms with van der Waals surface area (Å²) in [7, 11) is 4.86. The van der Waals surface area contributed by atoms with Crippen molar-refractivity contribution in [2.45, 2.75) is 0 Å². The average Bonchev–Trinajstić information content (AvgIpc) is 2.90. The normalized spacial score (nSPS) is 10.2. The zero-order chi connectivity index (χ0) is 24.8. The van der Waals surface area contributed by atoms with Gasteiger partial charge in [-0.1, -0.05) is 0 Å². The van der Waals surface area contributed by atoms with Crippen molar-refractivity contribution in [2.24, 2.45) is 0 Å². The van der Waals surface area contributed by atoms with Crippen LogP contribution in [0.4, 0.5) is 0 Å². The number of carbonyl (C=O) groups is 4. The molecule has 3 aromatic rings. The van der Waals surface area contributed by atoms with E-state index >= 15 is 0 Å². The van der Waals surface area contributed by atoms with Crippen molar-refractivity contribution in [3.8, 4) is 22.5 Å². The Bertz CT molecular complexity index is 1120. The van der Waals surface area contributed by atoms with Crippen molar-refractivity contribution in [3.05, 3.63) is 71.0 Å². The topological polar surface area (TPSA) is 131 Å². The van der Waals surface area contributed by atoms with Gasteiger partial charge in [0, 0.05) is 23.5 Å². The minimum atomic E-state index is -0.668. The van der Waals surface area contributed by atoms with Gasteiger partial charge in [0.2, 0.25) is 0 Å². The quantitative estimate of drug-likeness (QED) is 0.396. The molecule has 0 radical (unpaired) electrons. The molecule has 0 fully saturated rings. The standard InChI is InChI=1S/C24H20N2O8/c1-31-21(27)15-7-13(8-16(11-15)22(28)32-2)19-20(26-6-5-25-19)14-9-17(23(29)33-3)12-18(10-14)24(30)34-4/h5-12H,1-4H3. The van der Waals surface area contributed by atoms with Gasteiger partial charge in [0.25, 0.3) is 0 Å². The summed E-state index contributed by atoms with van der Waals surface area (Å²) in [5.74, 6) is -2.67. The van der Waals surface area contributed by atoms with Crippen molar-refractivity contribution in [2.75, 3.05) is 28.4 Å². The van der Waals surface area contributed by atoms with E-state index in [-0.39, 0.29) is 33.6 Å². The van der Waals surface area contributed by atoms with Crippen molar-refractivity contribution in [1.82, 2.24) is 9.97 Å². The van der Waals surface area contributed by atoms with Crippen LogP contribution < -0.4 is 0 Å². The minimum Gasteiger partial charge on any atom is -0.465 e. The van der Waals surface area contributed by atoms with Gasteiger partial charge in [0.15, 0.2) is 0 Å². The number of aromatic nitrogens is 2. The molecule has 34 heavy (non-hydrogen) atoms. The zero-order valence-corrected chi connectivity index (χ0v) is 18.8. The number of esters is 4. The average molecular weight is 464 g/mol. The predicted octanol–water partition coefficient (Wildman–Crippen LogP) is 2.96. The molecule has 0 aliphatic heterocycles. The molecule has 0 spiro atoms. The Morgan fingerprint density at radius 1 is 0.500 bits per heavy atom. The number of methoxy groups -OCH3 is 4. The van der Waals surface area contributed by atoms with E-state index < -0.39 is 23.9 Å². The Kier molecular flexibility index (Phi) is 7.32. The first kappa shape index (κ1) is 24.1. The van der Waals surface area contributed by atoms with Crippen LogP contribution in [0.2, 0.25) is 0 Å². The second kappa shape index (κ2) is 10.3. The van der Waals surface area contributed by atoms with Crippen molar-refractivity contribution in [3.63, 3.8) is 0 Å². The van der Waals surface area contributed by atoms with Gasteiger partial charge in [-0.25, -0.2) is 19.2 Å². The minimum absolute atomic E-state index is 0.0931. The molecule has 1 aromatic heterocycles. The summed E-state index contributed by atoms with van der Waals surface area (Å²) < 4.78 is 19.2. The van der Waals surface area contributed by atoms with Gasteiger partial charge in [0.1, 0.15) is 0 Å². The molecule has 0 aliphatic rings. The summed E-state index contributed by atoms with van der Waals surface area (Å²) in [6, 6.07) is 8.61. The molecule has 0 N–H and O–H groups in total. The Balaban J connectivity index is 2.28. The lowest BCUT2D eigenvalue weighted by Crippen LogP contribution is -2.08. The highest BCUT2D eigenvalue weighted by Gasteiger charge is 2.20. The van der Waals surface area contributed by atoms with Crippen LogP contribution in [-0.2, 0) is 18.9 Å². The molecular formula is C24H20N2O8. The summed E-state index contributed by atoms with van der Waals surface area (Å²) in [5.41, 5.74) is 1.63. The number of nitrogens with zero attached hydrogens (tertiary/aromatic N) is 2. The Hall–Kier alpha value is -4.60. The van der Waals surface area contributed by atoms with Crippen LogP contribution in [0.15, 0.2) is 48.8 Å². The fourth-order valence-electron chi connectivity index (χ4n) is 3.23. The van der Waals surface area contributed by atoms with Crippen LogP contribution in [-0.4, -0.2) is 62.3 Å². The second-order valence-corrected chi connectivity index (χ2v) is 6.82. The first-order valence-corrected chi connectivity index (χ1v) is 9.78. The number of rotatable bonds is 6. The first-order chi connectivity index (χ1) is 16.3. The van der Waals surface area contributed by atoms with E-state index in [4.69, 9.17) is 18.9 Å². The molecule has 0 amide bonds. The van der Waals surface area contributed by atoms with Crippen LogP contribution in [0.5, 0.6) is 0 Å². The van der Waals surface area contributed by atoms with E-state index in [1.165, 1.54) is 77.2 Å². The highest BCUT2D eigenvalue weighted by molar-refractivity contribution is 6.00. The third-order valence-electron chi connectivity index (χ3n) is 4.80. The Morgan fingerprint density at radius 2 is 0.765 bits per heavy atom. The molecule has 3 rings (SSSR count). The number of hydrogen-bond donors (Lipinski definition) is 0. The summed E-state index contributed by atoms with van der Waals surface area (Å²) in [4.78, 5) is 57.6. The van der Waals surface area contributed by atoms with E-state index in [0.717, 1.165) is 0 Å². The summed E-state index contributed by atoms with van der Waals surface area (Å²) >= 11 is 0. The van der Waals surface area contributed by atoms with Crippen LogP contribution in [0.1, 0.15) is 41.4 Å². The highest BCUT2D eigenvalue weighted by Crippen LogP contribution is 2.31. The molecule has 2 aromatic carbocycles. The summed E-state index contributed by atoms with van der Waals surface area (Å²) in [6.45, 7) is 0. The lowest BCUT2D eigenvalue weighted by atomic mass is 9.97. The van der Waals surface area contributed by atoms with Gasteiger partial charge in [-0.3, -0.25) is 9.97 Å². The van der Waals surface area contributed by atoms with Gasteiger partial charge in [-0.2, -0.15) is 0 Å². The smallest absolute Gasteiger partial charge is 0.337 e. The van der Waals surface area contributed by atoms with Crippen molar-refractivity contribution in [1.29, 1.82) is 0 Å². The van der Waals surface area contributed by atoms with E-state index in [9.17, 15) is 19.2 Å². The zero-order valence-electron chi connectivity index (χ0n) is 18.8. The summed E-state index contributed by atoms with van der Waals surface area (Å²) in [6.07, 6.45) is 2.85. The van der Waals surface area contributed by atoms with Crippen molar-refractivity contribution >= 4 is 23.9 Å². The number of ether oxygens (including phenoxy) is 4. The van der Waals surface area contributed by atoms with Crippen LogP contribution in [0.25, 0.3) is 22.5 Å². The molecular weight excluding hydrogens is 444 g/mol. The van der Waals surface area contributed by atoms with E-state index in [0.29, 0.717) is 11.1 Å². The van der Waals surface area contributed by atoms with Gasteiger partial charge in [-0.05, 0) is 36.4 Å². The number of hydrogen-bond acceptors (Lipinski definition) is 10. The fraction of sp³-hybridized carbons (Fsp3) is 0.167. The first-order valence-electron chi connectivity index (χ1n) is 9.78. The Labute approximate surface area is 194 Å². The molecule has 1 heterocycles.